The van der Waals surface area contributed by atoms with E-state index in [0.717, 1.165) is 34.0 Å². The van der Waals surface area contributed by atoms with E-state index in [4.69, 9.17) is 15.6 Å². The molecule has 0 bridgehead atoms. The molecule has 1 heterocycles. The Morgan fingerprint density at radius 2 is 1.35 bits per heavy atom. The molecule has 0 saturated heterocycles. The Hall–Kier alpha value is -3.53. The number of hydrogen-bond acceptors (Lipinski definition) is 3. The maximum absolute atomic E-state index is 6.29. The van der Waals surface area contributed by atoms with Crippen molar-refractivity contribution in [3.63, 3.8) is 0 Å². The smallest absolute Gasteiger partial charge is 0.181 e. The highest BCUT2D eigenvalue weighted by molar-refractivity contribution is 5.79. The summed E-state index contributed by atoms with van der Waals surface area (Å²) in [5.74, 6) is 1.45. The summed E-state index contributed by atoms with van der Waals surface area (Å²) in [7, 11) is 1.94. The van der Waals surface area contributed by atoms with Gasteiger partial charge in [-0.1, -0.05) is 60.7 Å². The first kappa shape index (κ1) is 16.0. The molecule has 0 aliphatic carbocycles. The monoisotopic (exact) mass is 341 g/mol. The van der Waals surface area contributed by atoms with Crippen LogP contribution < -0.4 is 10.5 Å². The van der Waals surface area contributed by atoms with Crippen LogP contribution >= 0.6 is 0 Å². The second-order valence-electron chi connectivity index (χ2n) is 6.05. The Bertz CT molecular complexity index is 1010. The van der Waals surface area contributed by atoms with Gasteiger partial charge in [0, 0.05) is 23.9 Å². The molecule has 0 spiro atoms. The van der Waals surface area contributed by atoms with Gasteiger partial charge < -0.3 is 10.5 Å². The van der Waals surface area contributed by atoms with Crippen LogP contribution in [-0.2, 0) is 7.05 Å². The third kappa shape index (κ3) is 3.05. The second kappa shape index (κ2) is 6.76. The van der Waals surface area contributed by atoms with E-state index in [1.54, 1.807) is 0 Å². The van der Waals surface area contributed by atoms with Crippen LogP contribution in [0.25, 0.3) is 22.5 Å². The van der Waals surface area contributed by atoms with E-state index in [-0.39, 0.29) is 0 Å². The fraction of sp³-hybridized carbons (Fsp3) is 0.0455. The molecule has 4 aromatic rings. The van der Waals surface area contributed by atoms with E-state index in [9.17, 15) is 0 Å². The molecule has 4 rings (SSSR count). The van der Waals surface area contributed by atoms with Crippen molar-refractivity contribution in [1.29, 1.82) is 0 Å². The standard InChI is InChI=1S/C22H19N3O/c1-25-21(17-10-6-3-7-11-17)22(26-19-14-12-18(23)13-15-19)20(24-25)16-8-4-2-5-9-16/h2-15H,23H2,1H3. The summed E-state index contributed by atoms with van der Waals surface area (Å²) in [6, 6.07) is 27.6. The van der Waals surface area contributed by atoms with Gasteiger partial charge in [0.2, 0.25) is 0 Å². The minimum atomic E-state index is 0.704. The number of nitrogen functional groups attached to an aromatic ring is 1. The molecule has 0 atom stereocenters. The van der Waals surface area contributed by atoms with Gasteiger partial charge in [-0.15, -0.1) is 0 Å². The van der Waals surface area contributed by atoms with Crippen LogP contribution in [0.1, 0.15) is 0 Å². The number of hydrogen-bond donors (Lipinski definition) is 1. The minimum absolute atomic E-state index is 0.704. The third-order valence-electron chi connectivity index (χ3n) is 4.20. The van der Waals surface area contributed by atoms with Crippen LogP contribution in [0.3, 0.4) is 0 Å². The normalized spacial score (nSPS) is 10.7. The molecule has 4 nitrogen and oxygen atoms in total. The van der Waals surface area contributed by atoms with Gasteiger partial charge in [0.1, 0.15) is 17.1 Å². The summed E-state index contributed by atoms with van der Waals surface area (Å²) in [6.45, 7) is 0. The largest absolute Gasteiger partial charge is 0.453 e. The lowest BCUT2D eigenvalue weighted by Gasteiger charge is -2.10. The zero-order valence-electron chi connectivity index (χ0n) is 14.5. The molecule has 0 aliphatic heterocycles. The van der Waals surface area contributed by atoms with Crippen molar-refractivity contribution in [2.45, 2.75) is 0 Å². The van der Waals surface area contributed by atoms with Gasteiger partial charge in [-0.3, -0.25) is 4.68 Å². The predicted octanol–water partition coefficient (Wildman–Crippen LogP) is 5.13. The molecule has 0 amide bonds. The van der Waals surface area contributed by atoms with Gasteiger partial charge >= 0.3 is 0 Å². The Morgan fingerprint density at radius 1 is 0.769 bits per heavy atom. The minimum Gasteiger partial charge on any atom is -0.453 e. The Kier molecular flexibility index (Phi) is 4.15. The molecule has 26 heavy (non-hydrogen) atoms. The van der Waals surface area contributed by atoms with E-state index < -0.39 is 0 Å². The average molecular weight is 341 g/mol. The average Bonchev–Trinajstić information content (AvgIpc) is 3.01. The first-order chi connectivity index (χ1) is 12.7. The van der Waals surface area contributed by atoms with Crippen molar-refractivity contribution in [1.82, 2.24) is 9.78 Å². The predicted molar refractivity (Wildman–Crippen MR) is 105 cm³/mol. The van der Waals surface area contributed by atoms with Crippen molar-refractivity contribution in [2.75, 3.05) is 5.73 Å². The molecule has 0 fully saturated rings. The lowest BCUT2D eigenvalue weighted by atomic mass is 10.1. The lowest BCUT2D eigenvalue weighted by Crippen LogP contribution is -1.94. The molecule has 0 saturated carbocycles. The van der Waals surface area contributed by atoms with Crippen molar-refractivity contribution in [3.8, 4) is 34.0 Å². The van der Waals surface area contributed by atoms with Crippen molar-refractivity contribution in [3.05, 3.63) is 84.9 Å². The summed E-state index contributed by atoms with van der Waals surface area (Å²) in [6.07, 6.45) is 0. The summed E-state index contributed by atoms with van der Waals surface area (Å²) in [4.78, 5) is 0. The number of aromatic nitrogens is 2. The molecule has 3 aromatic carbocycles. The molecule has 0 radical (unpaired) electrons. The van der Waals surface area contributed by atoms with Crippen molar-refractivity contribution >= 4 is 5.69 Å². The Morgan fingerprint density at radius 3 is 1.96 bits per heavy atom. The van der Waals surface area contributed by atoms with Gasteiger partial charge in [0.05, 0.1) is 0 Å². The van der Waals surface area contributed by atoms with E-state index in [1.807, 2.05) is 84.5 Å². The molecule has 4 heteroatoms. The molecule has 0 aliphatic rings. The van der Waals surface area contributed by atoms with E-state index in [1.165, 1.54) is 0 Å². The zero-order valence-corrected chi connectivity index (χ0v) is 14.5. The molecule has 128 valence electrons. The molecule has 1 aromatic heterocycles. The zero-order chi connectivity index (χ0) is 17.9. The van der Waals surface area contributed by atoms with Crippen LogP contribution in [-0.4, -0.2) is 9.78 Å². The summed E-state index contributed by atoms with van der Waals surface area (Å²) in [5, 5.41) is 4.74. The highest BCUT2D eigenvalue weighted by atomic mass is 16.5. The Balaban J connectivity index is 1.89. The third-order valence-corrected chi connectivity index (χ3v) is 4.20. The Labute approximate surface area is 152 Å². The van der Waals surface area contributed by atoms with Crippen LogP contribution in [0.4, 0.5) is 5.69 Å². The second-order valence-corrected chi connectivity index (χ2v) is 6.05. The SMILES string of the molecule is Cn1nc(-c2ccccc2)c(Oc2ccc(N)cc2)c1-c1ccccc1. The maximum atomic E-state index is 6.29. The van der Waals surface area contributed by atoms with Crippen molar-refractivity contribution in [2.24, 2.45) is 7.05 Å². The number of benzene rings is 3. The highest BCUT2D eigenvalue weighted by Gasteiger charge is 2.21. The lowest BCUT2D eigenvalue weighted by molar-refractivity contribution is 0.486. The number of aryl methyl sites for hydroxylation is 1. The quantitative estimate of drug-likeness (QED) is 0.524. The first-order valence-corrected chi connectivity index (χ1v) is 8.43. The molecule has 2 N–H and O–H groups in total. The van der Waals surface area contributed by atoms with E-state index >= 15 is 0 Å². The van der Waals surface area contributed by atoms with Crippen LogP contribution in [0.15, 0.2) is 84.9 Å². The maximum Gasteiger partial charge on any atom is 0.181 e. The van der Waals surface area contributed by atoms with Gasteiger partial charge in [0.15, 0.2) is 5.75 Å². The van der Waals surface area contributed by atoms with Gasteiger partial charge in [0.25, 0.3) is 0 Å². The van der Waals surface area contributed by atoms with Crippen LogP contribution in [0.5, 0.6) is 11.5 Å². The fourth-order valence-electron chi connectivity index (χ4n) is 2.95. The number of anilines is 1. The summed E-state index contributed by atoms with van der Waals surface area (Å²) < 4.78 is 8.15. The number of nitrogens with zero attached hydrogens (tertiary/aromatic N) is 2. The highest BCUT2D eigenvalue weighted by Crippen LogP contribution is 2.41. The number of nitrogens with two attached hydrogens (primary N) is 1. The van der Waals surface area contributed by atoms with Gasteiger partial charge in [-0.05, 0) is 24.3 Å². The molecule has 0 unspecified atom stereocenters. The van der Waals surface area contributed by atoms with E-state index in [2.05, 4.69) is 12.1 Å². The first-order valence-electron chi connectivity index (χ1n) is 8.43. The summed E-state index contributed by atoms with van der Waals surface area (Å²) >= 11 is 0. The van der Waals surface area contributed by atoms with Gasteiger partial charge in [-0.2, -0.15) is 5.10 Å². The molecular weight excluding hydrogens is 322 g/mol. The van der Waals surface area contributed by atoms with Crippen LogP contribution in [0, 0.1) is 0 Å². The van der Waals surface area contributed by atoms with Gasteiger partial charge in [-0.25, -0.2) is 0 Å². The molecular formula is C22H19N3O. The number of ether oxygens (including phenoxy) is 1. The topological polar surface area (TPSA) is 53.1 Å². The van der Waals surface area contributed by atoms with Crippen molar-refractivity contribution < 1.29 is 4.74 Å². The summed E-state index contributed by atoms with van der Waals surface area (Å²) in [5.41, 5.74) is 10.3. The van der Waals surface area contributed by atoms with Crippen LogP contribution in [0.2, 0.25) is 0 Å². The van der Waals surface area contributed by atoms with E-state index in [0.29, 0.717) is 5.69 Å². The number of rotatable bonds is 4. The fourth-order valence-corrected chi connectivity index (χ4v) is 2.95.